The number of amides is 1. The lowest BCUT2D eigenvalue weighted by atomic mass is 10.1. The van der Waals surface area contributed by atoms with Crippen LogP contribution in [0.4, 0.5) is 13.3 Å². The van der Waals surface area contributed by atoms with Crippen LogP contribution >= 0.6 is 0 Å². The highest BCUT2D eigenvalue weighted by Crippen LogP contribution is 2.19. The third-order valence-electron chi connectivity index (χ3n) is 1.05. The number of rotatable bonds is 1. The van der Waals surface area contributed by atoms with E-state index in [9.17, 15) is 18.1 Å². The summed E-state index contributed by atoms with van der Waals surface area (Å²) >= 11 is 0. The summed E-state index contributed by atoms with van der Waals surface area (Å²) < 4.78 is 36.8. The first-order chi connectivity index (χ1) is 5.07. The van der Waals surface area contributed by atoms with Crippen molar-refractivity contribution in [1.29, 1.82) is 0 Å². The smallest absolute Gasteiger partial charge is 0.263 e. The zero-order chi connectivity index (χ0) is 10.2. The van der Waals surface area contributed by atoms with Gasteiger partial charge in [-0.05, 0) is 20.8 Å². The van der Waals surface area contributed by atoms with Gasteiger partial charge in [0.05, 0.1) is 5.54 Å². The summed E-state index contributed by atoms with van der Waals surface area (Å²) in [4.78, 5) is 10.5. The number of alkyl halides is 2. The molecule has 12 heavy (non-hydrogen) atoms. The Bertz CT molecular complexity index is 182. The van der Waals surface area contributed by atoms with Gasteiger partial charge in [-0.3, -0.25) is 10.5 Å². The highest BCUT2D eigenvalue weighted by Gasteiger charge is 2.42. The maximum atomic E-state index is 12.7. The Morgan fingerprint density at radius 1 is 1.33 bits per heavy atom. The first-order valence-corrected chi connectivity index (χ1v) is 3.24. The molecular weight excluding hydrogens is 173 g/mol. The largest absolute Gasteiger partial charge is 0.381 e. The average molecular weight is 184 g/mol. The summed E-state index contributed by atoms with van der Waals surface area (Å²) in [5.74, 6) is -2.03. The van der Waals surface area contributed by atoms with Crippen LogP contribution in [0, 0.1) is 0 Å². The Labute approximate surface area is 68.3 Å². The normalized spacial score (nSPS) is 12.9. The van der Waals surface area contributed by atoms with Crippen LogP contribution in [0.2, 0.25) is 0 Å². The number of carbonyl (C=O) groups excluding carboxylic acids is 1. The molecule has 0 saturated heterocycles. The molecule has 3 nitrogen and oxygen atoms in total. The molecular formula is C6H11F3N2O. The van der Waals surface area contributed by atoms with Crippen LogP contribution in [-0.2, 0) is 4.79 Å². The number of carbonyl (C=O) groups is 1. The molecule has 1 amide bonds. The lowest BCUT2D eigenvalue weighted by molar-refractivity contribution is -0.184. The van der Waals surface area contributed by atoms with Crippen LogP contribution in [0.5, 0.6) is 0 Å². The molecule has 0 rings (SSSR count). The van der Waals surface area contributed by atoms with Crippen LogP contribution in [0.3, 0.4) is 0 Å². The molecule has 0 atom stereocenters. The molecule has 0 spiro atoms. The van der Waals surface area contributed by atoms with Gasteiger partial charge in [-0.25, -0.2) is 0 Å². The molecule has 0 aliphatic carbocycles. The van der Waals surface area contributed by atoms with Gasteiger partial charge in [-0.2, -0.15) is 13.9 Å². The highest BCUT2D eigenvalue weighted by molar-refractivity contribution is 5.82. The number of hydrogen-bond donors (Lipinski definition) is 1. The van der Waals surface area contributed by atoms with E-state index in [0.717, 1.165) is 0 Å². The van der Waals surface area contributed by atoms with Gasteiger partial charge in [0.25, 0.3) is 0 Å². The van der Waals surface area contributed by atoms with E-state index < -0.39 is 22.6 Å². The van der Waals surface area contributed by atoms with E-state index in [1.54, 1.807) is 0 Å². The van der Waals surface area contributed by atoms with Crippen LogP contribution in [0.25, 0.3) is 0 Å². The van der Waals surface area contributed by atoms with Gasteiger partial charge >= 0.3 is 12.0 Å². The predicted molar refractivity (Wildman–Crippen MR) is 36.8 cm³/mol. The minimum absolute atomic E-state index is 0.576. The quantitative estimate of drug-likeness (QED) is 0.489. The van der Waals surface area contributed by atoms with Crippen molar-refractivity contribution in [3.05, 3.63) is 0 Å². The van der Waals surface area contributed by atoms with E-state index in [4.69, 9.17) is 0 Å². The van der Waals surface area contributed by atoms with Crippen molar-refractivity contribution in [2.45, 2.75) is 32.4 Å². The second-order valence-electron chi connectivity index (χ2n) is 3.38. The molecule has 0 saturated carbocycles. The number of halogens is 3. The van der Waals surface area contributed by atoms with Crippen molar-refractivity contribution in [2.75, 3.05) is 0 Å². The fourth-order valence-electron chi connectivity index (χ4n) is 0.436. The molecule has 0 bridgehead atoms. The van der Waals surface area contributed by atoms with E-state index in [1.807, 2.05) is 0 Å². The van der Waals surface area contributed by atoms with Gasteiger partial charge < -0.3 is 0 Å². The van der Waals surface area contributed by atoms with E-state index in [1.165, 1.54) is 20.8 Å². The Morgan fingerprint density at radius 2 is 1.67 bits per heavy atom. The molecule has 6 heteroatoms. The van der Waals surface area contributed by atoms with Gasteiger partial charge in [0.15, 0.2) is 0 Å². The van der Waals surface area contributed by atoms with Gasteiger partial charge in [-0.15, -0.1) is 0 Å². The predicted octanol–water partition coefficient (Wildman–Crippen LogP) is 1.05. The molecule has 0 heterocycles. The van der Waals surface area contributed by atoms with Crippen LogP contribution in [0.1, 0.15) is 20.8 Å². The Hall–Kier alpha value is -0.780. The molecule has 0 fully saturated rings. The maximum Gasteiger partial charge on any atom is 0.381 e. The minimum atomic E-state index is -4.15. The summed E-state index contributed by atoms with van der Waals surface area (Å²) in [5.41, 5.74) is 2.81. The van der Waals surface area contributed by atoms with Gasteiger partial charge in [0, 0.05) is 0 Å². The van der Waals surface area contributed by atoms with Gasteiger partial charge in [0.1, 0.15) is 0 Å². The Morgan fingerprint density at radius 3 is 1.75 bits per heavy atom. The zero-order valence-electron chi connectivity index (χ0n) is 7.07. The second kappa shape index (κ2) is 2.93. The Balaban J connectivity index is 4.53. The Kier molecular flexibility index (Phi) is 2.74. The molecule has 0 radical (unpaired) electrons. The lowest BCUT2D eigenvalue weighted by Crippen LogP contribution is -2.52. The van der Waals surface area contributed by atoms with E-state index in [0.29, 0.717) is 0 Å². The molecule has 0 aromatic rings. The van der Waals surface area contributed by atoms with Crippen molar-refractivity contribution < 1.29 is 18.1 Å². The molecule has 0 aromatic carbocycles. The van der Waals surface area contributed by atoms with E-state index in [2.05, 4.69) is 5.73 Å². The molecule has 0 aromatic heterocycles. The molecule has 0 unspecified atom stereocenters. The summed E-state index contributed by atoms with van der Waals surface area (Å²) in [6.45, 7) is 3.82. The monoisotopic (exact) mass is 184 g/mol. The highest BCUT2D eigenvalue weighted by atomic mass is 19.3. The summed E-state index contributed by atoms with van der Waals surface area (Å²) in [6.07, 6.45) is 0. The number of nitrogens with zero attached hydrogens (tertiary/aromatic N) is 1. The zero-order valence-corrected chi connectivity index (χ0v) is 7.07. The van der Waals surface area contributed by atoms with Gasteiger partial charge in [-0.1, -0.05) is 4.48 Å². The third kappa shape index (κ3) is 2.69. The average Bonchev–Trinajstić information content (AvgIpc) is 1.80. The first-order valence-electron chi connectivity index (χ1n) is 3.24. The summed E-state index contributed by atoms with van der Waals surface area (Å²) in [5, 5.41) is -0.576. The van der Waals surface area contributed by atoms with E-state index in [-0.39, 0.29) is 0 Å². The first kappa shape index (κ1) is 11.2. The number of hydrogen-bond acceptors (Lipinski definition) is 2. The minimum Gasteiger partial charge on any atom is -0.263 e. The van der Waals surface area contributed by atoms with Crippen molar-refractivity contribution >= 4 is 5.91 Å². The van der Waals surface area contributed by atoms with Crippen LogP contribution in [-0.4, -0.2) is 22.6 Å². The van der Waals surface area contributed by atoms with Crippen molar-refractivity contribution in [2.24, 2.45) is 5.73 Å². The van der Waals surface area contributed by atoms with Gasteiger partial charge in [0.2, 0.25) is 0 Å². The second-order valence-corrected chi connectivity index (χ2v) is 3.38. The van der Waals surface area contributed by atoms with E-state index >= 15 is 0 Å². The fraction of sp³-hybridized carbons (Fsp3) is 0.833. The van der Waals surface area contributed by atoms with Crippen LogP contribution < -0.4 is 5.73 Å². The standard InChI is InChI=1S/C6H11F3N2O/c1-5(2,3)11(9)4(12)6(7,8)10/h10H2,1-3H3. The van der Waals surface area contributed by atoms with Crippen molar-refractivity contribution in [3.63, 3.8) is 0 Å². The molecule has 72 valence electrons. The molecule has 2 N–H and O–H groups in total. The number of nitrogens with two attached hydrogens (primary N) is 1. The SMILES string of the molecule is CC(C)(C)N(F)C(=O)C(N)(F)F. The van der Waals surface area contributed by atoms with Crippen molar-refractivity contribution in [3.8, 4) is 0 Å². The third-order valence-corrected chi connectivity index (χ3v) is 1.05. The fourth-order valence-corrected chi connectivity index (χ4v) is 0.436. The van der Waals surface area contributed by atoms with Crippen molar-refractivity contribution in [1.82, 2.24) is 5.12 Å². The topological polar surface area (TPSA) is 46.3 Å². The maximum absolute atomic E-state index is 12.7. The molecule has 0 aliphatic rings. The van der Waals surface area contributed by atoms with Crippen LogP contribution in [0.15, 0.2) is 0 Å². The summed E-state index contributed by atoms with van der Waals surface area (Å²) in [7, 11) is 0. The summed E-state index contributed by atoms with van der Waals surface area (Å²) in [6, 6.07) is -4.15. The lowest BCUT2D eigenvalue weighted by Gasteiger charge is -2.27. The molecule has 0 aliphatic heterocycles.